The lowest BCUT2D eigenvalue weighted by Crippen LogP contribution is -1.99. The number of hydrogen-bond acceptors (Lipinski definition) is 0. The molecule has 0 spiro atoms. The van der Waals surface area contributed by atoms with Crippen molar-refractivity contribution in [1.29, 1.82) is 0 Å². The smallest absolute Gasteiger partial charge is 0.0488 e. The highest BCUT2D eigenvalue weighted by Gasteiger charge is 2.24. The predicted octanol–water partition coefficient (Wildman–Crippen LogP) is 9.84. The maximum Gasteiger partial charge on any atom is 0.0488 e. The van der Waals surface area contributed by atoms with Gasteiger partial charge in [0.15, 0.2) is 0 Å². The summed E-state index contributed by atoms with van der Waals surface area (Å²) in [5.41, 5.74) is 6.84. The Bertz CT molecular complexity index is 1460. The Morgan fingerprint density at radius 1 is 0.515 bits per heavy atom. The second-order valence-corrected chi connectivity index (χ2v) is 10.4. The molecule has 0 nitrogen and oxygen atoms in total. The van der Waals surface area contributed by atoms with Gasteiger partial charge in [0.25, 0.3) is 0 Å². The Labute approximate surface area is 228 Å². The second kappa shape index (κ2) is 10.9. The highest BCUT2D eigenvalue weighted by atomic mass is 79.9. The van der Waals surface area contributed by atoms with E-state index in [0.29, 0.717) is 0 Å². The van der Waals surface area contributed by atoms with Gasteiger partial charge in [-0.2, -0.15) is 0 Å². The normalized spacial score (nSPS) is 10.1. The molecule has 0 heterocycles. The van der Waals surface area contributed by atoms with E-state index in [2.05, 4.69) is 99.5 Å². The number of halogens is 4. The molecule has 0 aliphatic carbocycles. The molecular formula is C29H16Br4. The third kappa shape index (κ3) is 5.06. The van der Waals surface area contributed by atoms with E-state index in [9.17, 15) is 0 Å². The molecule has 0 saturated carbocycles. The van der Waals surface area contributed by atoms with Gasteiger partial charge in [0.05, 0.1) is 0 Å². The van der Waals surface area contributed by atoms with E-state index in [0.717, 1.165) is 56.8 Å². The second-order valence-electron chi connectivity index (χ2n) is 7.08. The van der Waals surface area contributed by atoms with Gasteiger partial charge in [0.1, 0.15) is 0 Å². The van der Waals surface area contributed by atoms with Gasteiger partial charge in [0, 0.05) is 45.7 Å². The fourth-order valence-electron chi connectivity index (χ4n) is 3.54. The Morgan fingerprint density at radius 2 is 0.970 bits per heavy atom. The van der Waals surface area contributed by atoms with Gasteiger partial charge in [0.2, 0.25) is 0 Å². The molecule has 0 aliphatic heterocycles. The van der Waals surface area contributed by atoms with Gasteiger partial charge in [-0.3, -0.25) is 0 Å². The molecule has 0 amide bonds. The molecule has 0 saturated heterocycles. The fourth-order valence-corrected chi connectivity index (χ4v) is 5.92. The average Bonchev–Trinajstić information content (AvgIpc) is 2.83. The molecule has 0 N–H and O–H groups in total. The van der Waals surface area contributed by atoms with Crippen LogP contribution >= 0.6 is 63.7 Å². The highest BCUT2D eigenvalue weighted by Crippen LogP contribution is 2.47. The van der Waals surface area contributed by atoms with Crippen LogP contribution in [0.25, 0.3) is 22.3 Å². The van der Waals surface area contributed by atoms with Crippen molar-refractivity contribution in [3.63, 3.8) is 0 Å². The number of hydrogen-bond donors (Lipinski definition) is 0. The molecule has 0 aliphatic rings. The topological polar surface area (TPSA) is 0 Å². The van der Waals surface area contributed by atoms with Gasteiger partial charge >= 0.3 is 0 Å². The van der Waals surface area contributed by atoms with E-state index in [1.54, 1.807) is 0 Å². The van der Waals surface area contributed by atoms with Crippen molar-refractivity contribution in [2.75, 3.05) is 0 Å². The van der Waals surface area contributed by atoms with Crippen LogP contribution in [-0.2, 0) is 0 Å². The summed E-state index contributed by atoms with van der Waals surface area (Å²) in [7, 11) is 0. The van der Waals surface area contributed by atoms with Crippen molar-refractivity contribution in [1.82, 2.24) is 0 Å². The monoisotopic (exact) mass is 680 g/mol. The molecule has 0 unspecified atom stereocenters. The summed E-state index contributed by atoms with van der Waals surface area (Å²) in [6.07, 6.45) is 0. The van der Waals surface area contributed by atoms with Gasteiger partial charge in [-0.15, -0.1) is 5.92 Å². The summed E-state index contributed by atoms with van der Waals surface area (Å²) < 4.78 is 3.80. The quantitative estimate of drug-likeness (QED) is 0.185. The van der Waals surface area contributed by atoms with Crippen LogP contribution < -0.4 is 0 Å². The van der Waals surface area contributed by atoms with Gasteiger partial charge in [-0.25, -0.2) is 0 Å². The van der Waals surface area contributed by atoms with E-state index < -0.39 is 0 Å². The third-order valence-corrected chi connectivity index (χ3v) is 7.99. The van der Waals surface area contributed by atoms with Gasteiger partial charge in [-0.1, -0.05) is 104 Å². The van der Waals surface area contributed by atoms with E-state index in [4.69, 9.17) is 0 Å². The van der Waals surface area contributed by atoms with E-state index >= 15 is 0 Å². The minimum absolute atomic E-state index is 0.894. The summed E-state index contributed by atoms with van der Waals surface area (Å²) in [5.74, 6) is 13.2. The molecule has 4 aromatic carbocycles. The zero-order valence-corrected chi connectivity index (χ0v) is 23.9. The zero-order chi connectivity index (χ0) is 23.4. The molecule has 33 heavy (non-hydrogen) atoms. The average molecular weight is 684 g/mol. The van der Waals surface area contributed by atoms with Crippen LogP contribution in [0, 0.1) is 23.7 Å². The molecule has 0 bridgehead atoms. The lowest BCUT2D eigenvalue weighted by Gasteiger charge is -2.19. The number of rotatable bonds is 2. The first-order valence-electron chi connectivity index (χ1n) is 10.1. The predicted molar refractivity (Wildman–Crippen MR) is 153 cm³/mol. The minimum atomic E-state index is 0.894. The molecule has 4 rings (SSSR count). The maximum absolute atomic E-state index is 3.93. The van der Waals surface area contributed by atoms with Crippen LogP contribution in [0.15, 0.2) is 96.8 Å². The Morgan fingerprint density at radius 3 is 1.45 bits per heavy atom. The van der Waals surface area contributed by atoms with Crippen molar-refractivity contribution in [2.45, 2.75) is 6.92 Å². The van der Waals surface area contributed by atoms with E-state index in [-0.39, 0.29) is 0 Å². The van der Waals surface area contributed by atoms with Crippen LogP contribution in [0.4, 0.5) is 0 Å². The van der Waals surface area contributed by atoms with Crippen molar-refractivity contribution >= 4 is 63.7 Å². The highest BCUT2D eigenvalue weighted by molar-refractivity contribution is 9.11. The largest absolute Gasteiger partial charge is 0.101 e. The SMILES string of the molecule is CC#Cc1c(Br)c(-c2ccccc2Br)c(C#Cc2ccccc2)c(Br)c1-c1ccccc1Br. The van der Waals surface area contributed by atoms with Gasteiger partial charge < -0.3 is 0 Å². The van der Waals surface area contributed by atoms with Crippen LogP contribution in [0.3, 0.4) is 0 Å². The minimum Gasteiger partial charge on any atom is -0.101 e. The number of benzene rings is 4. The van der Waals surface area contributed by atoms with Crippen LogP contribution in [0.2, 0.25) is 0 Å². The summed E-state index contributed by atoms with van der Waals surface area (Å²) >= 11 is 15.3. The zero-order valence-electron chi connectivity index (χ0n) is 17.5. The van der Waals surface area contributed by atoms with Gasteiger partial charge in [-0.05, 0) is 74.2 Å². The van der Waals surface area contributed by atoms with Crippen LogP contribution in [0.5, 0.6) is 0 Å². The third-order valence-electron chi connectivity index (χ3n) is 5.02. The molecule has 0 aromatic heterocycles. The van der Waals surface area contributed by atoms with Crippen molar-refractivity contribution in [3.05, 3.63) is 113 Å². The van der Waals surface area contributed by atoms with Crippen LogP contribution in [0.1, 0.15) is 23.6 Å². The van der Waals surface area contributed by atoms with Crippen LogP contribution in [-0.4, -0.2) is 0 Å². The Hall–Kier alpha value is -2.08. The molecule has 160 valence electrons. The standard InChI is InChI=1S/C29H16Br4/c1-2-10-22-26(20-13-6-8-15-24(20)30)29(33)23(18-17-19-11-4-3-5-12-19)27(28(22)32)21-14-7-9-16-25(21)31/h3-9,11-16H,1H3. The van der Waals surface area contributed by atoms with E-state index in [1.807, 2.05) is 73.7 Å². The summed E-state index contributed by atoms with van der Waals surface area (Å²) in [5, 5.41) is 0. The molecule has 0 atom stereocenters. The lowest BCUT2D eigenvalue weighted by molar-refractivity contribution is 1.45. The van der Waals surface area contributed by atoms with Crippen molar-refractivity contribution < 1.29 is 0 Å². The lowest BCUT2D eigenvalue weighted by atomic mass is 9.90. The first kappa shape index (κ1) is 24.1. The summed E-state index contributed by atoms with van der Waals surface area (Å²) in [4.78, 5) is 0. The Balaban J connectivity index is 2.15. The Kier molecular flexibility index (Phi) is 7.94. The first-order chi connectivity index (χ1) is 16.0. The van der Waals surface area contributed by atoms with Crippen molar-refractivity contribution in [3.8, 4) is 45.9 Å². The first-order valence-corrected chi connectivity index (χ1v) is 13.2. The summed E-state index contributed by atoms with van der Waals surface area (Å²) in [6, 6.07) is 26.3. The molecule has 4 aromatic rings. The molecule has 4 heteroatoms. The van der Waals surface area contributed by atoms with Crippen molar-refractivity contribution in [2.24, 2.45) is 0 Å². The molecular weight excluding hydrogens is 668 g/mol. The summed E-state index contributed by atoms with van der Waals surface area (Å²) in [6.45, 7) is 1.85. The maximum atomic E-state index is 3.93. The van der Waals surface area contributed by atoms with E-state index in [1.165, 1.54) is 0 Å². The fraction of sp³-hybridized carbons (Fsp3) is 0.0345. The molecule has 0 fully saturated rings. The molecule has 0 radical (unpaired) electrons.